The average Bonchev–Trinajstić information content (AvgIpc) is 3.27. The first-order valence-electron chi connectivity index (χ1n) is 12.8. The summed E-state index contributed by atoms with van der Waals surface area (Å²) in [6.45, 7) is 11.5. The topological polar surface area (TPSA) is 86.0 Å². The summed E-state index contributed by atoms with van der Waals surface area (Å²) in [4.78, 5) is 17.4. The second-order valence-corrected chi connectivity index (χ2v) is 10.8. The lowest BCUT2D eigenvalue weighted by Gasteiger charge is -2.28. The van der Waals surface area contributed by atoms with Crippen molar-refractivity contribution < 1.29 is 23.8 Å². The Labute approximate surface area is 221 Å². The molecule has 0 saturated heterocycles. The molecule has 1 aliphatic rings. The second-order valence-electron chi connectivity index (χ2n) is 10.8. The van der Waals surface area contributed by atoms with Gasteiger partial charge >= 0.3 is 5.97 Å². The molecule has 3 heterocycles. The molecule has 1 unspecified atom stereocenters. The fraction of sp³-hybridized carbons (Fsp3) is 0.367. The summed E-state index contributed by atoms with van der Waals surface area (Å²) in [5.41, 5.74) is 5.87. The first-order chi connectivity index (χ1) is 18.0. The minimum atomic E-state index is -1.34. The third kappa shape index (κ3) is 4.53. The van der Waals surface area contributed by atoms with Crippen LogP contribution in [-0.2, 0) is 16.0 Å². The number of aliphatic carboxylic acids is 1. The predicted octanol–water partition coefficient (Wildman–Crippen LogP) is 6.39. The molecule has 0 saturated carbocycles. The fourth-order valence-corrected chi connectivity index (χ4v) is 5.19. The van der Waals surface area contributed by atoms with Gasteiger partial charge < -0.3 is 14.6 Å². The molecule has 0 spiro atoms. The van der Waals surface area contributed by atoms with E-state index in [4.69, 9.17) is 19.6 Å². The van der Waals surface area contributed by atoms with E-state index in [9.17, 15) is 9.90 Å². The van der Waals surface area contributed by atoms with Gasteiger partial charge in [-0.05, 0) is 71.6 Å². The summed E-state index contributed by atoms with van der Waals surface area (Å²) < 4.78 is 28.8. The Morgan fingerprint density at radius 3 is 2.58 bits per heavy atom. The van der Waals surface area contributed by atoms with Crippen LogP contribution < -0.4 is 4.74 Å². The van der Waals surface area contributed by atoms with Crippen molar-refractivity contribution in [2.75, 3.05) is 6.61 Å². The Balaban J connectivity index is 1.88. The molecule has 198 valence electrons. The first kappa shape index (κ1) is 25.9. The molecule has 4 aromatic rings. The van der Waals surface area contributed by atoms with Gasteiger partial charge in [0.25, 0.3) is 0 Å². The Morgan fingerprint density at radius 1 is 1.16 bits per heavy atom. The van der Waals surface area contributed by atoms with Crippen molar-refractivity contribution in [3.63, 3.8) is 0 Å². The highest BCUT2D eigenvalue weighted by molar-refractivity contribution is 5.82. The van der Waals surface area contributed by atoms with Crippen LogP contribution in [0.2, 0.25) is 0 Å². The SMILES string of the molecule is Cc1ccccc1-c1cc2nc(C)c(C(OC(C)(C)C)C(=O)O)c(-c3cc(F)c4c(c3C)CCCO4)n2n1. The van der Waals surface area contributed by atoms with Crippen molar-refractivity contribution in [3.05, 3.63) is 70.2 Å². The number of nitrogens with zero attached hydrogens (tertiary/aromatic N) is 3. The number of hydrogen-bond donors (Lipinski definition) is 1. The Bertz CT molecular complexity index is 1570. The van der Waals surface area contributed by atoms with E-state index < -0.39 is 23.5 Å². The van der Waals surface area contributed by atoms with Gasteiger partial charge in [-0.3, -0.25) is 0 Å². The number of hydrogen-bond acceptors (Lipinski definition) is 5. The van der Waals surface area contributed by atoms with Crippen LogP contribution in [0.1, 0.15) is 61.2 Å². The lowest BCUT2D eigenvalue weighted by Crippen LogP contribution is -2.29. The van der Waals surface area contributed by atoms with Gasteiger partial charge in [-0.15, -0.1) is 0 Å². The van der Waals surface area contributed by atoms with Crippen LogP contribution >= 0.6 is 0 Å². The van der Waals surface area contributed by atoms with Crippen LogP contribution in [0.5, 0.6) is 5.75 Å². The monoisotopic (exact) mass is 517 g/mol. The number of halogens is 1. The number of aromatic nitrogens is 3. The van der Waals surface area contributed by atoms with E-state index >= 15 is 4.39 Å². The number of fused-ring (bicyclic) bond motifs is 2. The van der Waals surface area contributed by atoms with E-state index in [0.717, 1.165) is 28.7 Å². The Morgan fingerprint density at radius 2 is 1.89 bits per heavy atom. The van der Waals surface area contributed by atoms with Crippen LogP contribution in [0.4, 0.5) is 4.39 Å². The molecule has 2 aromatic carbocycles. The van der Waals surface area contributed by atoms with Gasteiger partial charge in [0, 0.05) is 34.0 Å². The largest absolute Gasteiger partial charge is 0.490 e. The normalized spacial score (nSPS) is 14.3. The number of carbonyl (C=O) groups is 1. The maximum Gasteiger partial charge on any atom is 0.337 e. The van der Waals surface area contributed by atoms with Crippen molar-refractivity contribution in [1.29, 1.82) is 0 Å². The molecule has 0 fully saturated rings. The van der Waals surface area contributed by atoms with E-state index in [1.54, 1.807) is 32.2 Å². The highest BCUT2D eigenvalue weighted by atomic mass is 19.1. The predicted molar refractivity (Wildman–Crippen MR) is 143 cm³/mol. The minimum Gasteiger partial charge on any atom is -0.490 e. The summed E-state index contributed by atoms with van der Waals surface area (Å²) >= 11 is 0. The van der Waals surface area contributed by atoms with Crippen LogP contribution in [0.25, 0.3) is 28.2 Å². The molecule has 0 radical (unpaired) electrons. The van der Waals surface area contributed by atoms with E-state index in [1.807, 2.05) is 44.2 Å². The van der Waals surface area contributed by atoms with Crippen LogP contribution in [0.3, 0.4) is 0 Å². The summed E-state index contributed by atoms with van der Waals surface area (Å²) in [5.74, 6) is -1.37. The van der Waals surface area contributed by atoms with Gasteiger partial charge in [-0.2, -0.15) is 5.10 Å². The van der Waals surface area contributed by atoms with Gasteiger partial charge in [0.1, 0.15) is 0 Å². The van der Waals surface area contributed by atoms with Crippen molar-refractivity contribution in [1.82, 2.24) is 14.6 Å². The maximum atomic E-state index is 15.5. The number of rotatable bonds is 5. The van der Waals surface area contributed by atoms with Crippen molar-refractivity contribution in [3.8, 4) is 28.3 Å². The molecule has 7 nitrogen and oxygen atoms in total. The van der Waals surface area contributed by atoms with Crippen molar-refractivity contribution in [2.45, 2.75) is 66.1 Å². The summed E-state index contributed by atoms with van der Waals surface area (Å²) in [7, 11) is 0. The zero-order chi connectivity index (χ0) is 27.4. The summed E-state index contributed by atoms with van der Waals surface area (Å²) in [5, 5.41) is 15.2. The second kappa shape index (κ2) is 9.51. The summed E-state index contributed by atoms with van der Waals surface area (Å²) in [6, 6.07) is 11.2. The van der Waals surface area contributed by atoms with E-state index in [0.29, 0.717) is 46.9 Å². The first-order valence-corrected chi connectivity index (χ1v) is 12.8. The highest BCUT2D eigenvalue weighted by Crippen LogP contribution is 2.42. The van der Waals surface area contributed by atoms with Gasteiger partial charge in [-0.1, -0.05) is 24.3 Å². The molecule has 0 amide bonds. The van der Waals surface area contributed by atoms with Crippen LogP contribution in [-0.4, -0.2) is 37.9 Å². The zero-order valence-corrected chi connectivity index (χ0v) is 22.6. The maximum absolute atomic E-state index is 15.5. The number of ether oxygens (including phenoxy) is 2. The number of carboxylic acid groups (broad SMARTS) is 1. The third-order valence-corrected chi connectivity index (χ3v) is 6.90. The minimum absolute atomic E-state index is 0.267. The van der Waals surface area contributed by atoms with E-state index in [1.165, 1.54) is 6.07 Å². The van der Waals surface area contributed by atoms with Gasteiger partial charge in [0.05, 0.1) is 23.6 Å². The molecule has 8 heteroatoms. The molecular weight excluding hydrogens is 485 g/mol. The Hall–Kier alpha value is -3.78. The fourth-order valence-electron chi connectivity index (χ4n) is 5.19. The molecule has 38 heavy (non-hydrogen) atoms. The zero-order valence-electron chi connectivity index (χ0n) is 22.6. The molecule has 0 aliphatic carbocycles. The number of benzene rings is 2. The van der Waals surface area contributed by atoms with Crippen LogP contribution in [0.15, 0.2) is 36.4 Å². The number of aryl methyl sites for hydroxylation is 2. The molecule has 1 aliphatic heterocycles. The van der Waals surface area contributed by atoms with Gasteiger partial charge in [-0.25, -0.2) is 18.7 Å². The van der Waals surface area contributed by atoms with E-state index in [2.05, 4.69) is 0 Å². The lowest BCUT2D eigenvalue weighted by atomic mass is 9.91. The molecule has 2 aromatic heterocycles. The molecule has 5 rings (SSSR count). The van der Waals surface area contributed by atoms with Crippen LogP contribution in [0, 0.1) is 26.6 Å². The van der Waals surface area contributed by atoms with Gasteiger partial charge in [0.15, 0.2) is 23.3 Å². The average molecular weight is 518 g/mol. The molecule has 0 bridgehead atoms. The highest BCUT2D eigenvalue weighted by Gasteiger charge is 2.34. The molecule has 1 atom stereocenters. The summed E-state index contributed by atoms with van der Waals surface area (Å²) in [6.07, 6.45) is 0.101. The third-order valence-electron chi connectivity index (χ3n) is 6.90. The van der Waals surface area contributed by atoms with Crippen molar-refractivity contribution >= 4 is 11.6 Å². The molecule has 1 N–H and O–H groups in total. The Kier molecular flexibility index (Phi) is 6.47. The standard InChI is InChI=1S/C30H32FN3O4/c1-16-10-7-8-11-19(16)23-15-24-32-18(3)25(28(29(35)36)38-30(4,5)6)26(34(24)33-23)21-14-22(31)27-20(17(21)2)12-9-13-37-27/h7-8,10-11,14-15,28H,9,12-13H2,1-6H3,(H,35,36). The quantitative estimate of drug-likeness (QED) is 0.330. The van der Waals surface area contributed by atoms with Crippen molar-refractivity contribution in [2.24, 2.45) is 0 Å². The number of carboxylic acids is 1. The smallest absolute Gasteiger partial charge is 0.337 e. The lowest BCUT2D eigenvalue weighted by molar-refractivity contribution is -0.160. The van der Waals surface area contributed by atoms with E-state index in [-0.39, 0.29) is 5.75 Å². The van der Waals surface area contributed by atoms with Gasteiger partial charge in [0.2, 0.25) is 0 Å². The molecular formula is C30H32FN3O4.